The molecule has 0 aliphatic carbocycles. The highest BCUT2D eigenvalue weighted by atomic mass is 16.5. The molecule has 5 aromatic rings. The molecular weight excluding hydrogens is 434 g/mol. The van der Waals surface area contributed by atoms with Crippen LogP contribution in [-0.4, -0.2) is 13.4 Å². The van der Waals surface area contributed by atoms with Gasteiger partial charge in [-0.05, 0) is 75.7 Å². The molecule has 0 unspecified atom stereocenters. The van der Waals surface area contributed by atoms with Crippen LogP contribution in [0.1, 0.15) is 33.4 Å². The number of hydrogen-bond acceptors (Lipinski definition) is 1. The Morgan fingerprint density at radius 1 is 0.444 bits per heavy atom. The van der Waals surface area contributed by atoms with Crippen LogP contribution in [0.5, 0.6) is 11.5 Å². The lowest BCUT2D eigenvalue weighted by molar-refractivity contribution is 0.489. The lowest BCUT2D eigenvalue weighted by Crippen LogP contribution is -2.64. The monoisotopic (exact) mass is 456 g/mol. The Morgan fingerprint density at radius 3 is 1.75 bits per heavy atom. The van der Waals surface area contributed by atoms with Crippen molar-refractivity contribution in [2.75, 3.05) is 0 Å². The Hall–Kier alpha value is -3.97. The molecule has 166 valence electrons. The van der Waals surface area contributed by atoms with Gasteiger partial charge in [0.15, 0.2) is 0 Å². The van der Waals surface area contributed by atoms with Crippen LogP contribution in [0.25, 0.3) is 0 Å². The summed E-state index contributed by atoms with van der Waals surface area (Å²) in [5.74, 6) is 2.02. The third-order valence-electron chi connectivity index (χ3n) is 9.01. The summed E-state index contributed by atoms with van der Waals surface area (Å²) < 4.78 is 6.99. The van der Waals surface area contributed by atoms with Gasteiger partial charge in [-0.1, -0.05) is 107 Å². The smallest absolute Gasteiger partial charge is 0.247 e. The van der Waals surface area contributed by atoms with Gasteiger partial charge in [-0.15, -0.1) is 0 Å². The standard InChI is InChI=1S/C33H22B2O/c1-2-11-27-20(6-1)16-24-9-4-12-29-32(24)34(27)26-15-14-21-17-22-7-3-8-23-18-25-10-5-13-30(36-29)33(25)35(31(22)23)28(21)19-26/h1-15,19H,16-18H2. The Kier molecular flexibility index (Phi) is 3.65. The van der Waals surface area contributed by atoms with Crippen LogP contribution in [0.15, 0.2) is 97.1 Å². The van der Waals surface area contributed by atoms with Crippen molar-refractivity contribution in [3.63, 3.8) is 0 Å². The first-order valence-electron chi connectivity index (χ1n) is 13.1. The minimum atomic E-state index is 0.177. The van der Waals surface area contributed by atoms with E-state index in [0.717, 1.165) is 30.8 Å². The largest absolute Gasteiger partial charge is 0.458 e. The van der Waals surface area contributed by atoms with Gasteiger partial charge in [0.05, 0.1) is 0 Å². The van der Waals surface area contributed by atoms with Gasteiger partial charge in [-0.3, -0.25) is 0 Å². The highest BCUT2D eigenvalue weighted by molar-refractivity contribution is 7.00. The SMILES string of the molecule is c1ccc2c(c1)Cc1cccc3c1B2c1ccc2c(c1)B1c4c(cccc4Cc4cccc(c41)O3)C2. The molecule has 4 aliphatic rings. The zero-order valence-electron chi connectivity index (χ0n) is 19.9. The van der Waals surface area contributed by atoms with Crippen LogP contribution in [-0.2, 0) is 19.3 Å². The van der Waals surface area contributed by atoms with Crippen molar-refractivity contribution in [1.82, 2.24) is 0 Å². The van der Waals surface area contributed by atoms with Gasteiger partial charge < -0.3 is 4.74 Å². The first kappa shape index (κ1) is 19.2. The van der Waals surface area contributed by atoms with E-state index in [2.05, 4.69) is 97.1 Å². The third-order valence-corrected chi connectivity index (χ3v) is 9.01. The molecule has 36 heavy (non-hydrogen) atoms. The van der Waals surface area contributed by atoms with Gasteiger partial charge in [0.1, 0.15) is 11.5 Å². The van der Waals surface area contributed by atoms with E-state index in [-0.39, 0.29) is 13.4 Å². The van der Waals surface area contributed by atoms with Crippen molar-refractivity contribution in [2.45, 2.75) is 19.3 Å². The quantitative estimate of drug-likeness (QED) is 0.319. The van der Waals surface area contributed by atoms with Gasteiger partial charge in [0, 0.05) is 0 Å². The first-order valence-corrected chi connectivity index (χ1v) is 13.1. The summed E-state index contributed by atoms with van der Waals surface area (Å²) in [4.78, 5) is 0. The van der Waals surface area contributed by atoms with E-state index in [0.29, 0.717) is 0 Å². The molecule has 0 atom stereocenters. The highest BCUT2D eigenvalue weighted by Gasteiger charge is 2.41. The number of ether oxygens (including phenoxy) is 1. The van der Waals surface area contributed by atoms with Crippen LogP contribution in [0.2, 0.25) is 0 Å². The summed E-state index contributed by atoms with van der Waals surface area (Å²) in [5.41, 5.74) is 17.1. The zero-order valence-corrected chi connectivity index (χ0v) is 19.9. The molecule has 0 N–H and O–H groups in total. The van der Waals surface area contributed by atoms with Crippen LogP contribution in [0.4, 0.5) is 0 Å². The van der Waals surface area contributed by atoms with E-state index >= 15 is 0 Å². The number of rotatable bonds is 0. The molecule has 9 rings (SSSR count). The summed E-state index contributed by atoms with van der Waals surface area (Å²) in [6.07, 6.45) is 2.94. The van der Waals surface area contributed by atoms with E-state index in [4.69, 9.17) is 4.74 Å². The van der Waals surface area contributed by atoms with E-state index in [9.17, 15) is 0 Å². The fourth-order valence-electron chi connectivity index (χ4n) is 7.56. The van der Waals surface area contributed by atoms with Gasteiger partial charge in [0.25, 0.3) is 0 Å². The minimum absolute atomic E-state index is 0.177. The second-order valence-corrected chi connectivity index (χ2v) is 10.8. The van der Waals surface area contributed by atoms with Crippen molar-refractivity contribution in [2.24, 2.45) is 0 Å². The zero-order chi connectivity index (χ0) is 23.4. The molecule has 0 fully saturated rings. The van der Waals surface area contributed by atoms with E-state index in [1.54, 1.807) is 0 Å². The second kappa shape index (κ2) is 6.83. The molecule has 4 aliphatic heterocycles. The maximum Gasteiger partial charge on any atom is 0.247 e. The molecule has 0 saturated heterocycles. The summed E-state index contributed by atoms with van der Waals surface area (Å²) >= 11 is 0. The summed E-state index contributed by atoms with van der Waals surface area (Å²) in [7, 11) is 0. The van der Waals surface area contributed by atoms with Gasteiger partial charge in [0.2, 0.25) is 13.4 Å². The Morgan fingerprint density at radius 2 is 1.00 bits per heavy atom. The Labute approximate surface area is 211 Å². The van der Waals surface area contributed by atoms with Crippen LogP contribution in [0.3, 0.4) is 0 Å². The molecule has 4 heterocycles. The highest BCUT2D eigenvalue weighted by Crippen LogP contribution is 2.30. The number of benzene rings is 5. The first-order chi connectivity index (χ1) is 17.8. The third kappa shape index (κ3) is 2.43. The van der Waals surface area contributed by atoms with Crippen molar-refractivity contribution in [1.29, 1.82) is 0 Å². The van der Waals surface area contributed by atoms with E-state index in [1.807, 2.05) is 0 Å². The second-order valence-electron chi connectivity index (χ2n) is 10.8. The fraction of sp³-hybridized carbons (Fsp3) is 0.0909. The molecule has 0 amide bonds. The summed E-state index contributed by atoms with van der Waals surface area (Å²) in [5, 5.41) is 0. The number of hydrogen-bond donors (Lipinski definition) is 0. The minimum Gasteiger partial charge on any atom is -0.458 e. The fourth-order valence-corrected chi connectivity index (χ4v) is 7.56. The molecule has 2 bridgehead atoms. The Bertz CT molecular complexity index is 1750. The molecule has 0 saturated carbocycles. The molecule has 0 spiro atoms. The maximum absolute atomic E-state index is 6.99. The molecule has 3 heteroatoms. The predicted octanol–water partition coefficient (Wildman–Crippen LogP) is 2.54. The lowest BCUT2D eigenvalue weighted by atomic mass is 9.28. The van der Waals surface area contributed by atoms with E-state index in [1.165, 1.54) is 66.2 Å². The van der Waals surface area contributed by atoms with Crippen molar-refractivity contribution in [3.8, 4) is 11.5 Å². The van der Waals surface area contributed by atoms with Gasteiger partial charge in [-0.25, -0.2) is 0 Å². The van der Waals surface area contributed by atoms with Crippen LogP contribution >= 0.6 is 0 Å². The molecule has 5 aromatic carbocycles. The van der Waals surface area contributed by atoms with Crippen molar-refractivity contribution < 1.29 is 4.74 Å². The maximum atomic E-state index is 6.99. The Balaban J connectivity index is 1.42. The lowest BCUT2D eigenvalue weighted by Gasteiger charge is -2.37. The topological polar surface area (TPSA) is 9.23 Å². The van der Waals surface area contributed by atoms with Crippen LogP contribution in [0, 0.1) is 0 Å². The molecular formula is C33H22B2O. The van der Waals surface area contributed by atoms with E-state index < -0.39 is 0 Å². The summed E-state index contributed by atoms with van der Waals surface area (Å²) in [6, 6.07) is 36.6. The van der Waals surface area contributed by atoms with Crippen LogP contribution < -0.4 is 37.5 Å². The van der Waals surface area contributed by atoms with Crippen molar-refractivity contribution >= 4 is 46.2 Å². The van der Waals surface area contributed by atoms with Crippen molar-refractivity contribution in [3.05, 3.63) is 130 Å². The van der Waals surface area contributed by atoms with Gasteiger partial charge >= 0.3 is 0 Å². The molecule has 1 nitrogen and oxygen atoms in total. The summed E-state index contributed by atoms with van der Waals surface area (Å²) in [6.45, 7) is 0.403. The molecule has 0 aromatic heterocycles. The van der Waals surface area contributed by atoms with Gasteiger partial charge in [-0.2, -0.15) is 0 Å². The molecule has 0 radical (unpaired) electrons. The predicted molar refractivity (Wildman–Crippen MR) is 150 cm³/mol. The number of fused-ring (bicyclic) bond motifs is 4. The average molecular weight is 456 g/mol. The average Bonchev–Trinajstić information content (AvgIpc) is 2.91. The normalized spacial score (nSPS) is 15.0.